The van der Waals surface area contributed by atoms with Crippen LogP contribution in [-0.2, 0) is 0 Å². The smallest absolute Gasteiger partial charge is 0.0201 e. The first-order valence-electron chi connectivity index (χ1n) is 7.02. The average Bonchev–Trinajstić information content (AvgIpc) is 2.78. The van der Waals surface area contributed by atoms with Gasteiger partial charge < -0.3 is 9.80 Å². The lowest BCUT2D eigenvalue weighted by Gasteiger charge is -2.31. The Balaban J connectivity index is 1.45. The molecule has 3 aliphatic rings. The molecule has 3 saturated heterocycles. The number of halogens is 1. The summed E-state index contributed by atoms with van der Waals surface area (Å²) in [5.74, 6) is 2.92. The SMILES string of the molecule is CN1CC2CN(CC3CCN(I)CC3)CC2C1. The maximum absolute atomic E-state index is 2.76. The van der Waals surface area contributed by atoms with Crippen molar-refractivity contribution in [2.45, 2.75) is 12.8 Å². The fourth-order valence-electron chi connectivity index (χ4n) is 3.92. The summed E-state index contributed by atoms with van der Waals surface area (Å²) >= 11 is 2.47. The first-order chi connectivity index (χ1) is 8.20. The van der Waals surface area contributed by atoms with Gasteiger partial charge in [0.1, 0.15) is 0 Å². The van der Waals surface area contributed by atoms with Gasteiger partial charge in [-0.1, -0.05) is 0 Å². The minimum Gasteiger partial charge on any atom is -0.306 e. The van der Waals surface area contributed by atoms with Gasteiger partial charge in [-0.25, -0.2) is 3.11 Å². The summed E-state index contributed by atoms with van der Waals surface area (Å²) < 4.78 is 2.45. The second-order valence-electron chi connectivity index (χ2n) is 6.31. The molecule has 0 saturated carbocycles. The Morgan fingerprint density at radius 2 is 1.59 bits per heavy atom. The minimum atomic E-state index is 0.970. The molecule has 0 N–H and O–H groups in total. The predicted octanol–water partition coefficient (Wildman–Crippen LogP) is 1.54. The van der Waals surface area contributed by atoms with Crippen LogP contribution >= 0.6 is 22.9 Å². The van der Waals surface area contributed by atoms with Crippen molar-refractivity contribution in [1.82, 2.24) is 12.9 Å². The monoisotopic (exact) mass is 349 g/mol. The van der Waals surface area contributed by atoms with E-state index in [-0.39, 0.29) is 0 Å². The van der Waals surface area contributed by atoms with Crippen molar-refractivity contribution in [1.29, 1.82) is 0 Å². The molecule has 0 bridgehead atoms. The van der Waals surface area contributed by atoms with Crippen LogP contribution in [0.3, 0.4) is 0 Å². The second-order valence-corrected chi connectivity index (χ2v) is 7.68. The van der Waals surface area contributed by atoms with Gasteiger partial charge in [0.25, 0.3) is 0 Å². The van der Waals surface area contributed by atoms with Crippen molar-refractivity contribution >= 4 is 22.9 Å². The van der Waals surface area contributed by atoms with E-state index >= 15 is 0 Å². The molecule has 0 aliphatic carbocycles. The maximum Gasteiger partial charge on any atom is 0.0201 e. The van der Waals surface area contributed by atoms with Crippen LogP contribution < -0.4 is 0 Å². The number of fused-ring (bicyclic) bond motifs is 1. The van der Waals surface area contributed by atoms with Crippen molar-refractivity contribution in [2.24, 2.45) is 17.8 Å². The molecule has 17 heavy (non-hydrogen) atoms. The third-order valence-electron chi connectivity index (χ3n) is 4.82. The molecule has 3 aliphatic heterocycles. The van der Waals surface area contributed by atoms with Crippen molar-refractivity contribution in [3.8, 4) is 0 Å². The van der Waals surface area contributed by atoms with Crippen LogP contribution in [0, 0.1) is 17.8 Å². The molecule has 0 radical (unpaired) electrons. The summed E-state index contributed by atoms with van der Waals surface area (Å²) in [5, 5.41) is 0. The van der Waals surface area contributed by atoms with Gasteiger partial charge in [-0.3, -0.25) is 0 Å². The highest BCUT2D eigenvalue weighted by molar-refractivity contribution is 14.1. The van der Waals surface area contributed by atoms with Crippen LogP contribution in [0.5, 0.6) is 0 Å². The van der Waals surface area contributed by atoms with Gasteiger partial charge in [-0.15, -0.1) is 0 Å². The van der Waals surface area contributed by atoms with Crippen LogP contribution in [0.25, 0.3) is 0 Å². The molecule has 0 aromatic heterocycles. The van der Waals surface area contributed by atoms with Crippen LogP contribution in [0.2, 0.25) is 0 Å². The standard InChI is InChI=1S/C13H24IN3/c1-15-7-12-9-16(10-13(12)8-15)6-11-2-4-17(14)5-3-11/h11-13H,2-10H2,1H3. The predicted molar refractivity (Wildman–Crippen MR) is 79.2 cm³/mol. The Labute approximate surface area is 119 Å². The first kappa shape index (κ1) is 12.6. The highest BCUT2D eigenvalue weighted by atomic mass is 127. The molecule has 2 atom stereocenters. The lowest BCUT2D eigenvalue weighted by Crippen LogP contribution is -2.35. The first-order valence-corrected chi connectivity index (χ1v) is 7.99. The van der Waals surface area contributed by atoms with Gasteiger partial charge in [0.05, 0.1) is 0 Å². The summed E-state index contributed by atoms with van der Waals surface area (Å²) in [5.41, 5.74) is 0. The molecule has 3 fully saturated rings. The molecule has 3 rings (SSSR count). The molecule has 3 heterocycles. The van der Waals surface area contributed by atoms with E-state index in [0.29, 0.717) is 0 Å². The van der Waals surface area contributed by atoms with Crippen molar-refractivity contribution in [3.05, 3.63) is 0 Å². The van der Waals surface area contributed by atoms with Gasteiger partial charge in [0, 0.05) is 68.7 Å². The number of piperidine rings is 1. The molecule has 0 aromatic carbocycles. The van der Waals surface area contributed by atoms with Gasteiger partial charge in [-0.2, -0.15) is 0 Å². The number of likely N-dealkylation sites (tertiary alicyclic amines) is 2. The molecule has 2 unspecified atom stereocenters. The molecular formula is C13H24IN3. The summed E-state index contributed by atoms with van der Waals surface area (Å²) in [4.78, 5) is 5.27. The fraction of sp³-hybridized carbons (Fsp3) is 1.00. The summed E-state index contributed by atoms with van der Waals surface area (Å²) in [7, 11) is 2.28. The topological polar surface area (TPSA) is 9.72 Å². The van der Waals surface area contributed by atoms with Gasteiger partial charge in [0.2, 0.25) is 0 Å². The largest absolute Gasteiger partial charge is 0.306 e. The van der Waals surface area contributed by atoms with Crippen LogP contribution in [-0.4, -0.2) is 65.8 Å². The third-order valence-corrected chi connectivity index (χ3v) is 5.79. The normalized spacial score (nSPS) is 37.8. The van der Waals surface area contributed by atoms with E-state index in [1.807, 2.05) is 0 Å². The second kappa shape index (κ2) is 5.31. The van der Waals surface area contributed by atoms with Gasteiger partial charge in [-0.05, 0) is 37.6 Å². The third kappa shape index (κ3) is 2.96. The van der Waals surface area contributed by atoms with Crippen molar-refractivity contribution in [2.75, 3.05) is 52.9 Å². The number of rotatable bonds is 2. The quantitative estimate of drug-likeness (QED) is 0.553. The van der Waals surface area contributed by atoms with E-state index in [9.17, 15) is 0 Å². The lowest BCUT2D eigenvalue weighted by atomic mass is 9.98. The van der Waals surface area contributed by atoms with Gasteiger partial charge in [0.15, 0.2) is 0 Å². The Morgan fingerprint density at radius 3 is 2.18 bits per heavy atom. The van der Waals surface area contributed by atoms with Crippen molar-refractivity contribution < 1.29 is 0 Å². The molecule has 3 nitrogen and oxygen atoms in total. The van der Waals surface area contributed by atoms with Crippen molar-refractivity contribution in [3.63, 3.8) is 0 Å². The maximum atomic E-state index is 2.76. The van der Waals surface area contributed by atoms with E-state index in [1.54, 1.807) is 0 Å². The highest BCUT2D eigenvalue weighted by Crippen LogP contribution is 2.31. The Kier molecular flexibility index (Phi) is 3.95. The number of hydrogen-bond acceptors (Lipinski definition) is 3. The fourth-order valence-corrected chi connectivity index (χ4v) is 4.48. The Bertz CT molecular complexity index is 251. The number of nitrogens with zero attached hydrogens (tertiary/aromatic N) is 3. The zero-order valence-electron chi connectivity index (χ0n) is 10.8. The van der Waals surface area contributed by atoms with E-state index in [2.05, 4.69) is 42.8 Å². The lowest BCUT2D eigenvalue weighted by molar-refractivity contribution is 0.201. The van der Waals surface area contributed by atoms with E-state index in [0.717, 1.165) is 17.8 Å². The van der Waals surface area contributed by atoms with E-state index in [1.165, 1.54) is 58.7 Å². The van der Waals surface area contributed by atoms with E-state index < -0.39 is 0 Å². The van der Waals surface area contributed by atoms with Crippen LogP contribution in [0.1, 0.15) is 12.8 Å². The zero-order valence-corrected chi connectivity index (χ0v) is 13.0. The molecule has 98 valence electrons. The summed E-state index contributed by atoms with van der Waals surface area (Å²) in [6, 6.07) is 0. The molecule has 0 spiro atoms. The number of hydrogen-bond donors (Lipinski definition) is 0. The molecule has 0 aromatic rings. The van der Waals surface area contributed by atoms with Crippen LogP contribution in [0.4, 0.5) is 0 Å². The summed E-state index contributed by atoms with van der Waals surface area (Å²) in [6.45, 7) is 9.41. The summed E-state index contributed by atoms with van der Waals surface area (Å²) in [6.07, 6.45) is 2.82. The zero-order chi connectivity index (χ0) is 11.8. The van der Waals surface area contributed by atoms with E-state index in [4.69, 9.17) is 0 Å². The Morgan fingerprint density at radius 1 is 1.00 bits per heavy atom. The highest BCUT2D eigenvalue weighted by Gasteiger charge is 2.39. The average molecular weight is 349 g/mol. The minimum absolute atomic E-state index is 0.970. The molecule has 0 amide bonds. The van der Waals surface area contributed by atoms with Crippen LogP contribution in [0.15, 0.2) is 0 Å². The molecule has 4 heteroatoms. The van der Waals surface area contributed by atoms with Gasteiger partial charge >= 0.3 is 0 Å². The Hall–Kier alpha value is 0.610. The molecular weight excluding hydrogens is 325 g/mol.